The first-order valence-electron chi connectivity index (χ1n) is 7.71. The van der Waals surface area contributed by atoms with E-state index in [-0.39, 0.29) is 11.9 Å². The van der Waals surface area contributed by atoms with E-state index in [1.54, 1.807) is 6.92 Å². The van der Waals surface area contributed by atoms with E-state index in [0.29, 0.717) is 5.75 Å². The summed E-state index contributed by atoms with van der Waals surface area (Å²) >= 11 is 0. The molecule has 3 heteroatoms. The highest BCUT2D eigenvalue weighted by Crippen LogP contribution is 2.15. The molecule has 2 rings (SSSR count). The van der Waals surface area contributed by atoms with Crippen molar-refractivity contribution in [2.24, 2.45) is 0 Å². The molecule has 1 N–H and O–H groups in total. The van der Waals surface area contributed by atoms with Crippen molar-refractivity contribution in [3.63, 3.8) is 0 Å². The lowest BCUT2D eigenvalue weighted by atomic mass is 10.1. The second-order valence-corrected chi connectivity index (χ2v) is 5.40. The van der Waals surface area contributed by atoms with Gasteiger partial charge in [0.25, 0.3) is 5.91 Å². The normalized spacial score (nSPS) is 13.2. The first kappa shape index (κ1) is 16.1. The fourth-order valence-corrected chi connectivity index (χ4v) is 2.22. The van der Waals surface area contributed by atoms with E-state index in [9.17, 15) is 4.79 Å². The Kier molecular flexibility index (Phi) is 5.59. The summed E-state index contributed by atoms with van der Waals surface area (Å²) in [6.45, 7) is 5.84. The summed E-state index contributed by atoms with van der Waals surface area (Å²) < 4.78 is 5.70. The maximum atomic E-state index is 12.2. The molecular weight excluding hydrogens is 274 g/mol. The zero-order chi connectivity index (χ0) is 15.9. The maximum Gasteiger partial charge on any atom is 0.261 e. The minimum atomic E-state index is -0.529. The molecule has 0 saturated heterocycles. The number of carbonyl (C=O) groups is 1. The molecule has 3 nitrogen and oxygen atoms in total. The number of carbonyl (C=O) groups excluding carboxylic acids is 1. The van der Waals surface area contributed by atoms with Crippen molar-refractivity contribution in [2.45, 2.75) is 39.3 Å². The molecule has 0 spiro atoms. The van der Waals surface area contributed by atoms with Gasteiger partial charge < -0.3 is 10.1 Å². The lowest BCUT2D eigenvalue weighted by molar-refractivity contribution is -0.127. The Labute approximate surface area is 132 Å². The van der Waals surface area contributed by atoms with Crippen LogP contribution in [0.4, 0.5) is 0 Å². The first-order chi connectivity index (χ1) is 10.6. The molecule has 2 atom stereocenters. The summed E-state index contributed by atoms with van der Waals surface area (Å²) in [6.07, 6.45) is 0.462. The number of hydrogen-bond donors (Lipinski definition) is 1. The molecule has 0 aliphatic rings. The molecule has 0 aromatic heterocycles. The third-order valence-electron chi connectivity index (χ3n) is 3.67. The van der Waals surface area contributed by atoms with Crippen LogP contribution in [0.25, 0.3) is 0 Å². The predicted molar refractivity (Wildman–Crippen MR) is 88.9 cm³/mol. The Bertz CT molecular complexity index is 593. The Morgan fingerprint density at radius 1 is 1.05 bits per heavy atom. The lowest BCUT2D eigenvalue weighted by Crippen LogP contribution is -2.37. The van der Waals surface area contributed by atoms with Crippen LogP contribution in [-0.4, -0.2) is 12.0 Å². The number of ether oxygens (including phenoxy) is 1. The summed E-state index contributed by atoms with van der Waals surface area (Å²) in [5.41, 5.74) is 2.33. The molecule has 0 aliphatic heterocycles. The average Bonchev–Trinajstić information content (AvgIpc) is 2.56. The molecular formula is C19H23NO2. The van der Waals surface area contributed by atoms with Gasteiger partial charge in [-0.15, -0.1) is 0 Å². The highest BCUT2D eigenvalue weighted by molar-refractivity contribution is 5.81. The largest absolute Gasteiger partial charge is 0.481 e. The highest BCUT2D eigenvalue weighted by atomic mass is 16.5. The standard InChI is InChI=1S/C19H23NO2/c1-4-16-10-12-18(13-11-16)22-15(3)19(21)20-14(2)17-8-6-5-7-9-17/h5-15H,4H2,1-3H3,(H,20,21). The number of rotatable bonds is 6. The molecule has 1 amide bonds. The summed E-state index contributed by atoms with van der Waals surface area (Å²) in [7, 11) is 0. The van der Waals surface area contributed by atoms with Gasteiger partial charge in [-0.25, -0.2) is 0 Å². The van der Waals surface area contributed by atoms with Crippen LogP contribution in [-0.2, 0) is 11.2 Å². The quantitative estimate of drug-likeness (QED) is 0.878. The second-order valence-electron chi connectivity index (χ2n) is 5.40. The van der Waals surface area contributed by atoms with Gasteiger partial charge in [-0.3, -0.25) is 4.79 Å². The topological polar surface area (TPSA) is 38.3 Å². The molecule has 0 radical (unpaired) electrons. The van der Waals surface area contributed by atoms with Gasteiger partial charge >= 0.3 is 0 Å². The van der Waals surface area contributed by atoms with Crippen LogP contribution >= 0.6 is 0 Å². The van der Waals surface area contributed by atoms with Gasteiger partial charge in [-0.2, -0.15) is 0 Å². The molecule has 2 aromatic carbocycles. The molecule has 0 heterocycles. The molecule has 22 heavy (non-hydrogen) atoms. The predicted octanol–water partition coefficient (Wildman–Crippen LogP) is 3.89. The van der Waals surface area contributed by atoms with E-state index in [1.165, 1.54) is 5.56 Å². The van der Waals surface area contributed by atoms with Crippen molar-refractivity contribution in [1.29, 1.82) is 0 Å². The molecule has 2 unspecified atom stereocenters. The van der Waals surface area contributed by atoms with Crippen LogP contribution < -0.4 is 10.1 Å². The van der Waals surface area contributed by atoms with Crippen molar-refractivity contribution in [3.05, 3.63) is 65.7 Å². The molecule has 0 saturated carbocycles. The Hall–Kier alpha value is -2.29. The van der Waals surface area contributed by atoms with Crippen molar-refractivity contribution in [1.82, 2.24) is 5.32 Å². The van der Waals surface area contributed by atoms with Gasteiger partial charge in [0.2, 0.25) is 0 Å². The van der Waals surface area contributed by atoms with Gasteiger partial charge in [0.05, 0.1) is 6.04 Å². The minimum Gasteiger partial charge on any atom is -0.481 e. The monoisotopic (exact) mass is 297 g/mol. The van der Waals surface area contributed by atoms with Crippen LogP contribution in [0.15, 0.2) is 54.6 Å². The maximum absolute atomic E-state index is 12.2. The fraction of sp³-hybridized carbons (Fsp3) is 0.316. The Morgan fingerprint density at radius 2 is 1.68 bits per heavy atom. The fourth-order valence-electron chi connectivity index (χ4n) is 2.22. The Morgan fingerprint density at radius 3 is 2.27 bits per heavy atom. The molecule has 116 valence electrons. The van der Waals surface area contributed by atoms with Crippen LogP contribution in [0.5, 0.6) is 5.75 Å². The van der Waals surface area contributed by atoms with Crippen molar-refractivity contribution in [2.75, 3.05) is 0 Å². The smallest absolute Gasteiger partial charge is 0.261 e. The van der Waals surface area contributed by atoms with Gasteiger partial charge in [-0.1, -0.05) is 49.4 Å². The third-order valence-corrected chi connectivity index (χ3v) is 3.67. The molecule has 0 bridgehead atoms. The second kappa shape index (κ2) is 7.64. The van der Waals surface area contributed by atoms with Gasteiger partial charge in [-0.05, 0) is 43.5 Å². The van der Waals surface area contributed by atoms with E-state index in [0.717, 1.165) is 12.0 Å². The van der Waals surface area contributed by atoms with E-state index >= 15 is 0 Å². The van der Waals surface area contributed by atoms with E-state index < -0.39 is 6.10 Å². The average molecular weight is 297 g/mol. The first-order valence-corrected chi connectivity index (χ1v) is 7.71. The minimum absolute atomic E-state index is 0.0396. The highest BCUT2D eigenvalue weighted by Gasteiger charge is 2.17. The summed E-state index contributed by atoms with van der Waals surface area (Å²) in [5, 5.41) is 2.97. The summed E-state index contributed by atoms with van der Waals surface area (Å²) in [6, 6.07) is 17.7. The van der Waals surface area contributed by atoms with Gasteiger partial charge in [0.1, 0.15) is 5.75 Å². The summed E-state index contributed by atoms with van der Waals surface area (Å²) in [5.74, 6) is 0.600. The van der Waals surface area contributed by atoms with E-state index in [1.807, 2.05) is 61.5 Å². The van der Waals surface area contributed by atoms with E-state index in [2.05, 4.69) is 12.2 Å². The van der Waals surface area contributed by atoms with E-state index in [4.69, 9.17) is 4.74 Å². The zero-order valence-corrected chi connectivity index (χ0v) is 13.4. The molecule has 2 aromatic rings. The van der Waals surface area contributed by atoms with Gasteiger partial charge in [0.15, 0.2) is 6.10 Å². The summed E-state index contributed by atoms with van der Waals surface area (Å²) in [4.78, 5) is 12.2. The van der Waals surface area contributed by atoms with Crippen LogP contribution in [0.1, 0.15) is 37.9 Å². The van der Waals surface area contributed by atoms with Crippen molar-refractivity contribution < 1.29 is 9.53 Å². The van der Waals surface area contributed by atoms with Crippen molar-refractivity contribution in [3.8, 4) is 5.75 Å². The molecule has 0 fully saturated rings. The number of hydrogen-bond acceptors (Lipinski definition) is 2. The number of nitrogens with one attached hydrogen (secondary N) is 1. The third kappa shape index (κ3) is 4.35. The van der Waals surface area contributed by atoms with Crippen LogP contribution in [0.2, 0.25) is 0 Å². The number of benzene rings is 2. The number of amides is 1. The Balaban J connectivity index is 1.91. The zero-order valence-electron chi connectivity index (χ0n) is 13.4. The number of aryl methyl sites for hydroxylation is 1. The molecule has 0 aliphatic carbocycles. The van der Waals surface area contributed by atoms with Crippen LogP contribution in [0, 0.1) is 0 Å². The van der Waals surface area contributed by atoms with Gasteiger partial charge in [0, 0.05) is 0 Å². The SMILES string of the molecule is CCc1ccc(OC(C)C(=O)NC(C)c2ccccc2)cc1. The van der Waals surface area contributed by atoms with Crippen LogP contribution in [0.3, 0.4) is 0 Å². The van der Waals surface area contributed by atoms with Crippen molar-refractivity contribution >= 4 is 5.91 Å². The lowest BCUT2D eigenvalue weighted by Gasteiger charge is -2.19.